The zero-order valence-corrected chi connectivity index (χ0v) is 7.99. The highest BCUT2D eigenvalue weighted by molar-refractivity contribution is 5.63. The molecule has 0 saturated carbocycles. The molecule has 3 heteroatoms. The number of methoxy groups -OCH3 is 1. The van der Waals surface area contributed by atoms with E-state index in [1.807, 2.05) is 24.3 Å². The van der Waals surface area contributed by atoms with Gasteiger partial charge >= 0.3 is 0 Å². The van der Waals surface area contributed by atoms with E-state index in [9.17, 15) is 0 Å². The number of hydrogen-bond donors (Lipinski definition) is 1. The molecule has 0 spiro atoms. The van der Waals surface area contributed by atoms with Crippen molar-refractivity contribution in [3.63, 3.8) is 0 Å². The molecule has 0 radical (unpaired) electrons. The van der Waals surface area contributed by atoms with E-state index in [0.717, 1.165) is 22.6 Å². The molecule has 0 bridgehead atoms. The first kappa shape index (κ1) is 9.09. The SMILES string of the molecule is COc1ccc2c(c1)OCC(CO)=C2. The molecule has 0 unspecified atom stereocenters. The van der Waals surface area contributed by atoms with Gasteiger partial charge in [-0.2, -0.15) is 0 Å². The molecule has 0 aliphatic carbocycles. The van der Waals surface area contributed by atoms with Crippen molar-refractivity contribution < 1.29 is 14.6 Å². The van der Waals surface area contributed by atoms with Crippen LogP contribution in [-0.2, 0) is 0 Å². The average molecular weight is 192 g/mol. The first-order valence-electron chi connectivity index (χ1n) is 4.44. The summed E-state index contributed by atoms with van der Waals surface area (Å²) in [6.07, 6.45) is 1.94. The molecule has 0 fully saturated rings. The van der Waals surface area contributed by atoms with Crippen molar-refractivity contribution in [2.45, 2.75) is 0 Å². The number of rotatable bonds is 2. The van der Waals surface area contributed by atoms with Crippen LogP contribution in [-0.4, -0.2) is 25.4 Å². The predicted octanol–water partition coefficient (Wildman–Crippen LogP) is 1.46. The van der Waals surface area contributed by atoms with Gasteiger partial charge in [0.1, 0.15) is 18.1 Å². The summed E-state index contributed by atoms with van der Waals surface area (Å²) >= 11 is 0. The molecule has 1 heterocycles. The minimum absolute atomic E-state index is 0.0471. The Balaban J connectivity index is 2.37. The van der Waals surface area contributed by atoms with Crippen LogP contribution in [0.15, 0.2) is 23.8 Å². The van der Waals surface area contributed by atoms with E-state index in [-0.39, 0.29) is 6.61 Å². The molecule has 3 nitrogen and oxygen atoms in total. The molecule has 0 aromatic heterocycles. The number of aliphatic hydroxyl groups is 1. The van der Waals surface area contributed by atoms with Crippen LogP contribution in [0.1, 0.15) is 5.56 Å². The van der Waals surface area contributed by atoms with Gasteiger partial charge in [0, 0.05) is 11.6 Å². The van der Waals surface area contributed by atoms with Gasteiger partial charge in [0.05, 0.1) is 13.7 Å². The summed E-state index contributed by atoms with van der Waals surface area (Å²) in [7, 11) is 1.62. The topological polar surface area (TPSA) is 38.7 Å². The zero-order chi connectivity index (χ0) is 9.97. The van der Waals surface area contributed by atoms with Crippen LogP contribution >= 0.6 is 0 Å². The van der Waals surface area contributed by atoms with Crippen molar-refractivity contribution >= 4 is 6.08 Å². The van der Waals surface area contributed by atoms with E-state index >= 15 is 0 Å². The Kier molecular flexibility index (Phi) is 2.41. The van der Waals surface area contributed by atoms with Gasteiger partial charge in [-0.1, -0.05) is 0 Å². The highest BCUT2D eigenvalue weighted by Gasteiger charge is 2.11. The largest absolute Gasteiger partial charge is 0.497 e. The fourth-order valence-electron chi connectivity index (χ4n) is 1.41. The average Bonchev–Trinajstić information content (AvgIpc) is 2.27. The Morgan fingerprint density at radius 3 is 3.07 bits per heavy atom. The summed E-state index contributed by atoms with van der Waals surface area (Å²) in [6.45, 7) is 0.502. The van der Waals surface area contributed by atoms with Gasteiger partial charge in [0.15, 0.2) is 0 Å². The second kappa shape index (κ2) is 3.72. The van der Waals surface area contributed by atoms with Gasteiger partial charge in [0.25, 0.3) is 0 Å². The molecule has 1 aliphatic heterocycles. The number of ether oxygens (including phenoxy) is 2. The second-order valence-corrected chi connectivity index (χ2v) is 3.15. The minimum Gasteiger partial charge on any atom is -0.497 e. The maximum atomic E-state index is 8.94. The minimum atomic E-state index is 0.0471. The van der Waals surface area contributed by atoms with Crippen molar-refractivity contribution in [3.05, 3.63) is 29.3 Å². The van der Waals surface area contributed by atoms with E-state index < -0.39 is 0 Å². The van der Waals surface area contributed by atoms with E-state index in [1.54, 1.807) is 7.11 Å². The number of hydrogen-bond acceptors (Lipinski definition) is 3. The summed E-state index contributed by atoms with van der Waals surface area (Å²) in [5.41, 5.74) is 1.88. The Morgan fingerprint density at radius 1 is 1.50 bits per heavy atom. The van der Waals surface area contributed by atoms with Gasteiger partial charge in [0.2, 0.25) is 0 Å². The Morgan fingerprint density at radius 2 is 2.36 bits per heavy atom. The van der Waals surface area contributed by atoms with Gasteiger partial charge in [-0.3, -0.25) is 0 Å². The van der Waals surface area contributed by atoms with Crippen LogP contribution < -0.4 is 9.47 Å². The highest BCUT2D eigenvalue weighted by Crippen LogP contribution is 2.29. The van der Waals surface area contributed by atoms with Gasteiger partial charge in [-0.05, 0) is 23.8 Å². The fourth-order valence-corrected chi connectivity index (χ4v) is 1.41. The summed E-state index contributed by atoms with van der Waals surface area (Å²) in [4.78, 5) is 0. The third-order valence-electron chi connectivity index (χ3n) is 2.20. The van der Waals surface area contributed by atoms with Gasteiger partial charge in [-0.25, -0.2) is 0 Å². The van der Waals surface area contributed by atoms with Crippen molar-refractivity contribution in [2.24, 2.45) is 0 Å². The molecule has 1 aliphatic rings. The second-order valence-electron chi connectivity index (χ2n) is 3.15. The third kappa shape index (κ3) is 1.59. The monoisotopic (exact) mass is 192 g/mol. The van der Waals surface area contributed by atoms with E-state index in [4.69, 9.17) is 14.6 Å². The predicted molar refractivity (Wildman–Crippen MR) is 53.6 cm³/mol. The van der Waals surface area contributed by atoms with Crippen molar-refractivity contribution in [3.8, 4) is 11.5 Å². The summed E-state index contributed by atoms with van der Waals surface area (Å²) in [5.74, 6) is 1.59. The van der Waals surface area contributed by atoms with Crippen LogP contribution in [0.25, 0.3) is 6.08 Å². The summed E-state index contributed by atoms with van der Waals surface area (Å²) < 4.78 is 10.5. The number of benzene rings is 1. The molecule has 1 aromatic carbocycles. The first-order chi connectivity index (χ1) is 6.83. The lowest BCUT2D eigenvalue weighted by Crippen LogP contribution is -2.09. The molecule has 74 valence electrons. The van der Waals surface area contributed by atoms with Crippen LogP contribution in [0.2, 0.25) is 0 Å². The Bertz CT molecular complexity index is 369. The third-order valence-corrected chi connectivity index (χ3v) is 2.20. The normalized spacial score (nSPS) is 14.0. The molecular weight excluding hydrogens is 180 g/mol. The zero-order valence-electron chi connectivity index (χ0n) is 7.99. The van der Waals surface area contributed by atoms with E-state index in [2.05, 4.69) is 0 Å². The molecule has 1 aromatic rings. The molecule has 14 heavy (non-hydrogen) atoms. The lowest BCUT2D eigenvalue weighted by molar-refractivity contribution is 0.284. The van der Waals surface area contributed by atoms with Crippen molar-refractivity contribution in [1.29, 1.82) is 0 Å². The first-order valence-corrected chi connectivity index (χ1v) is 4.44. The van der Waals surface area contributed by atoms with Crippen LogP contribution in [0.4, 0.5) is 0 Å². The van der Waals surface area contributed by atoms with Crippen molar-refractivity contribution in [1.82, 2.24) is 0 Å². The Hall–Kier alpha value is -1.48. The molecular formula is C11H12O3. The summed E-state index contributed by atoms with van der Waals surface area (Å²) in [5, 5.41) is 8.94. The molecule has 0 amide bonds. The maximum Gasteiger partial charge on any atom is 0.130 e. The smallest absolute Gasteiger partial charge is 0.130 e. The maximum absolute atomic E-state index is 8.94. The highest BCUT2D eigenvalue weighted by atomic mass is 16.5. The Labute approximate surface area is 82.6 Å². The number of aliphatic hydroxyl groups excluding tert-OH is 1. The fraction of sp³-hybridized carbons (Fsp3) is 0.273. The van der Waals surface area contributed by atoms with Crippen molar-refractivity contribution in [2.75, 3.05) is 20.3 Å². The lowest BCUT2D eigenvalue weighted by Gasteiger charge is -2.17. The van der Waals surface area contributed by atoms with Crippen LogP contribution in [0, 0.1) is 0 Å². The van der Waals surface area contributed by atoms with E-state index in [1.165, 1.54) is 0 Å². The molecule has 1 N–H and O–H groups in total. The molecule has 0 saturated heterocycles. The van der Waals surface area contributed by atoms with E-state index in [0.29, 0.717) is 6.61 Å². The molecule has 2 rings (SSSR count). The standard InChI is InChI=1S/C11H12O3/c1-13-10-3-2-9-4-8(6-12)7-14-11(9)5-10/h2-5,12H,6-7H2,1H3. The lowest BCUT2D eigenvalue weighted by atomic mass is 10.1. The molecule has 0 atom stereocenters. The van der Waals surface area contributed by atoms with Gasteiger partial charge in [-0.15, -0.1) is 0 Å². The quantitative estimate of drug-likeness (QED) is 0.771. The van der Waals surface area contributed by atoms with Gasteiger partial charge < -0.3 is 14.6 Å². The number of fused-ring (bicyclic) bond motifs is 1. The van der Waals surface area contributed by atoms with Crippen LogP contribution in [0.5, 0.6) is 11.5 Å². The summed E-state index contributed by atoms with van der Waals surface area (Å²) in [6, 6.07) is 5.64. The van der Waals surface area contributed by atoms with Crippen LogP contribution in [0.3, 0.4) is 0 Å².